The molecule has 4 unspecified atom stereocenters. The number of carbonyl (C=O) groups is 1. The molecule has 4 rings (SSSR count). The molecule has 1 amide bonds. The lowest BCUT2D eigenvalue weighted by Crippen LogP contribution is -2.49. The number of fused-ring (bicyclic) bond motifs is 1. The Morgan fingerprint density at radius 2 is 1.97 bits per heavy atom. The van der Waals surface area contributed by atoms with Gasteiger partial charge in [-0.2, -0.15) is 18.3 Å². The van der Waals surface area contributed by atoms with Crippen molar-refractivity contribution in [2.45, 2.75) is 70.1 Å². The van der Waals surface area contributed by atoms with Crippen LogP contribution in [0.15, 0.2) is 64.0 Å². The lowest BCUT2D eigenvalue weighted by atomic mass is 9.87. The van der Waals surface area contributed by atoms with Crippen LogP contribution in [0.4, 0.5) is 22.0 Å². The van der Waals surface area contributed by atoms with Gasteiger partial charge in [0.05, 0.1) is 11.6 Å². The molecular formula is C24H26F5N3O. The van der Waals surface area contributed by atoms with Crippen molar-refractivity contribution >= 4 is 11.6 Å². The van der Waals surface area contributed by atoms with Crippen LogP contribution in [0.25, 0.3) is 0 Å². The van der Waals surface area contributed by atoms with Gasteiger partial charge in [-0.05, 0) is 61.0 Å². The summed E-state index contributed by atoms with van der Waals surface area (Å²) in [7, 11) is 0. The number of alkyl halides is 5. The highest BCUT2D eigenvalue weighted by molar-refractivity contribution is 5.98. The first-order valence-corrected chi connectivity index (χ1v) is 11.2. The van der Waals surface area contributed by atoms with E-state index in [2.05, 4.69) is 10.4 Å². The van der Waals surface area contributed by atoms with Gasteiger partial charge < -0.3 is 5.32 Å². The van der Waals surface area contributed by atoms with Crippen molar-refractivity contribution in [3.8, 4) is 0 Å². The van der Waals surface area contributed by atoms with E-state index in [0.717, 1.165) is 0 Å². The van der Waals surface area contributed by atoms with Gasteiger partial charge >= 0.3 is 6.18 Å². The quantitative estimate of drug-likeness (QED) is 0.551. The van der Waals surface area contributed by atoms with Gasteiger partial charge in [-0.1, -0.05) is 25.2 Å². The number of allylic oxidation sites excluding steroid dienone is 7. The summed E-state index contributed by atoms with van der Waals surface area (Å²) < 4.78 is 67.3. The molecular weight excluding hydrogens is 441 g/mol. The number of nitrogens with zero attached hydrogens (tertiary/aromatic N) is 2. The lowest BCUT2D eigenvalue weighted by molar-refractivity contribution is -0.176. The Balaban J connectivity index is 1.65. The molecule has 0 aromatic heterocycles. The molecule has 0 aromatic rings. The Hall–Kier alpha value is -2.71. The molecule has 0 saturated carbocycles. The fraction of sp³-hybridized carbons (Fsp3) is 0.500. The van der Waals surface area contributed by atoms with Crippen LogP contribution in [0.5, 0.6) is 0 Å². The molecule has 0 saturated heterocycles. The number of carbonyl (C=O) groups excluding carboxylic acids is 1. The van der Waals surface area contributed by atoms with Gasteiger partial charge in [0.1, 0.15) is 18.5 Å². The second kappa shape index (κ2) is 9.27. The normalized spacial score (nSPS) is 34.8. The molecule has 2 aliphatic carbocycles. The van der Waals surface area contributed by atoms with Crippen LogP contribution in [-0.2, 0) is 4.79 Å². The molecule has 0 bridgehead atoms. The number of rotatable bonds is 3. The second-order valence-electron chi connectivity index (χ2n) is 8.67. The molecule has 9 heteroatoms. The third-order valence-corrected chi connectivity index (χ3v) is 6.40. The van der Waals surface area contributed by atoms with Crippen LogP contribution in [0, 0.1) is 5.92 Å². The first-order valence-electron chi connectivity index (χ1n) is 11.2. The Morgan fingerprint density at radius 1 is 1.18 bits per heavy atom. The third kappa shape index (κ3) is 5.12. The van der Waals surface area contributed by atoms with Crippen LogP contribution in [-0.4, -0.2) is 41.3 Å². The van der Waals surface area contributed by atoms with Crippen LogP contribution in [0.3, 0.4) is 0 Å². The summed E-state index contributed by atoms with van der Waals surface area (Å²) in [5.41, 5.74) is 2.61. The smallest absolute Gasteiger partial charge is 0.360 e. The Morgan fingerprint density at radius 3 is 2.61 bits per heavy atom. The monoisotopic (exact) mass is 467 g/mol. The zero-order valence-corrected chi connectivity index (χ0v) is 18.2. The van der Waals surface area contributed by atoms with Crippen LogP contribution in [0.2, 0.25) is 0 Å². The average molecular weight is 467 g/mol. The fourth-order valence-corrected chi connectivity index (χ4v) is 4.47. The summed E-state index contributed by atoms with van der Waals surface area (Å²) in [5.74, 6) is -1.80. The maximum atomic E-state index is 14.7. The van der Waals surface area contributed by atoms with Gasteiger partial charge in [-0.3, -0.25) is 4.79 Å². The Kier molecular flexibility index (Phi) is 6.59. The topological polar surface area (TPSA) is 44.7 Å². The van der Waals surface area contributed by atoms with Crippen LogP contribution >= 0.6 is 0 Å². The van der Waals surface area contributed by atoms with E-state index < -0.39 is 36.5 Å². The number of hydrogen-bond acceptors (Lipinski definition) is 3. The number of halogens is 5. The summed E-state index contributed by atoms with van der Waals surface area (Å²) in [5, 5.41) is 8.85. The highest BCUT2D eigenvalue weighted by Gasteiger charge is 2.40. The number of amides is 1. The van der Waals surface area contributed by atoms with E-state index in [-0.39, 0.29) is 32.1 Å². The van der Waals surface area contributed by atoms with Gasteiger partial charge in [0.2, 0.25) is 0 Å². The molecule has 1 N–H and O–H groups in total. The van der Waals surface area contributed by atoms with Gasteiger partial charge in [0.25, 0.3) is 5.91 Å². The minimum atomic E-state index is -4.24. The third-order valence-electron chi connectivity index (χ3n) is 6.40. The standard InChI is InChI=1S/C24H26F5N3O/c1-2-18-9-5-15(19-10-8-17(25)12-20(19)26)11-22-30-21(13-23(33)32(22)31-18)14-3-6-16(7-4-14)24(27,28)29/h3,5,9-11,13,16-17,20,22,30H,2,4,6-8,12H2,1H3/b9-5-,15-11-,31-18-. The summed E-state index contributed by atoms with van der Waals surface area (Å²) in [6, 6.07) is 0. The highest BCUT2D eigenvalue weighted by Crippen LogP contribution is 2.39. The van der Waals surface area contributed by atoms with Crippen molar-refractivity contribution in [3.05, 3.63) is 58.9 Å². The fourth-order valence-electron chi connectivity index (χ4n) is 4.47. The van der Waals surface area contributed by atoms with E-state index in [1.165, 1.54) is 17.2 Å². The molecule has 2 aliphatic heterocycles. The average Bonchev–Trinajstić information content (AvgIpc) is 2.75. The van der Waals surface area contributed by atoms with Gasteiger partial charge in [0, 0.05) is 18.2 Å². The zero-order valence-electron chi connectivity index (χ0n) is 18.2. The summed E-state index contributed by atoms with van der Waals surface area (Å²) in [6.07, 6.45) is 2.28. The predicted octanol–water partition coefficient (Wildman–Crippen LogP) is 5.58. The van der Waals surface area contributed by atoms with Gasteiger partial charge in [-0.25, -0.2) is 13.8 Å². The van der Waals surface area contributed by atoms with E-state index in [4.69, 9.17) is 0 Å². The summed E-state index contributed by atoms with van der Waals surface area (Å²) in [4.78, 5) is 12.9. The van der Waals surface area contributed by atoms with Crippen molar-refractivity contribution in [2.75, 3.05) is 0 Å². The minimum absolute atomic E-state index is 0.0420. The van der Waals surface area contributed by atoms with Crippen molar-refractivity contribution in [3.63, 3.8) is 0 Å². The van der Waals surface area contributed by atoms with Crippen LogP contribution in [0.1, 0.15) is 45.4 Å². The van der Waals surface area contributed by atoms with Crippen LogP contribution < -0.4 is 5.32 Å². The van der Waals surface area contributed by atoms with Crippen molar-refractivity contribution < 1.29 is 26.7 Å². The minimum Gasteiger partial charge on any atom is -0.360 e. The van der Waals surface area contributed by atoms with Gasteiger partial charge in [-0.15, -0.1) is 0 Å². The van der Waals surface area contributed by atoms with Crippen molar-refractivity contribution in [2.24, 2.45) is 11.0 Å². The Labute approximate surface area is 189 Å². The largest absolute Gasteiger partial charge is 0.392 e. The summed E-state index contributed by atoms with van der Waals surface area (Å²) in [6.45, 7) is 1.88. The predicted molar refractivity (Wildman–Crippen MR) is 115 cm³/mol. The van der Waals surface area contributed by atoms with E-state index in [9.17, 15) is 26.7 Å². The number of hydrazone groups is 1. The highest BCUT2D eigenvalue weighted by atomic mass is 19.4. The molecule has 4 nitrogen and oxygen atoms in total. The maximum absolute atomic E-state index is 14.7. The maximum Gasteiger partial charge on any atom is 0.392 e. The molecule has 0 fully saturated rings. The van der Waals surface area contributed by atoms with Gasteiger partial charge in [0.15, 0.2) is 0 Å². The SMILES string of the molecule is CCC1=N/N2C(=O)C=C(C3=CCC(C(F)(F)F)CC3)NC2/C=C(C2=CCC(F)CC2F)/C=C\1. The molecule has 178 valence electrons. The molecule has 4 atom stereocenters. The van der Waals surface area contributed by atoms with E-state index in [1.807, 2.05) is 6.92 Å². The Bertz CT molecular complexity index is 989. The molecule has 2 heterocycles. The lowest BCUT2D eigenvalue weighted by Gasteiger charge is -2.35. The second-order valence-corrected chi connectivity index (χ2v) is 8.67. The van der Waals surface area contributed by atoms with Crippen molar-refractivity contribution in [1.29, 1.82) is 0 Å². The first kappa shape index (κ1) is 23.4. The number of hydrogen-bond donors (Lipinski definition) is 1. The first-order chi connectivity index (χ1) is 15.7. The van der Waals surface area contributed by atoms with E-state index >= 15 is 0 Å². The molecule has 33 heavy (non-hydrogen) atoms. The summed E-state index contributed by atoms with van der Waals surface area (Å²) >= 11 is 0. The molecule has 4 aliphatic rings. The van der Waals surface area contributed by atoms with E-state index in [0.29, 0.717) is 34.5 Å². The molecule has 0 radical (unpaired) electrons. The number of nitrogens with one attached hydrogen (secondary N) is 1. The van der Waals surface area contributed by atoms with Crippen molar-refractivity contribution in [1.82, 2.24) is 10.3 Å². The zero-order chi connectivity index (χ0) is 23.8. The molecule has 0 spiro atoms. The molecule has 0 aromatic carbocycles. The van der Waals surface area contributed by atoms with E-state index in [1.54, 1.807) is 24.3 Å².